The van der Waals surface area contributed by atoms with Gasteiger partial charge in [0.1, 0.15) is 5.75 Å². The molecule has 4 rings (SSSR count). The van der Waals surface area contributed by atoms with Gasteiger partial charge in [-0.15, -0.1) is 0 Å². The van der Waals surface area contributed by atoms with Gasteiger partial charge in [-0.1, -0.05) is 36.4 Å². The van der Waals surface area contributed by atoms with Crippen LogP contribution in [-0.4, -0.2) is 19.9 Å². The van der Waals surface area contributed by atoms with Gasteiger partial charge < -0.3 is 5.11 Å². The molecule has 0 aliphatic rings. The molecular weight excluding hydrogens is 286 g/mol. The van der Waals surface area contributed by atoms with E-state index in [0.29, 0.717) is 0 Å². The molecule has 0 aliphatic carbocycles. The monoisotopic (exact) mass is 301 g/mol. The Hall–Kier alpha value is -3.14. The van der Waals surface area contributed by atoms with Crippen LogP contribution in [0.2, 0.25) is 0 Å². The molecule has 23 heavy (non-hydrogen) atoms. The second-order valence-electron chi connectivity index (χ2n) is 5.45. The Morgan fingerprint density at radius 2 is 1.78 bits per heavy atom. The Labute approximate surface area is 133 Å². The maximum Gasteiger partial charge on any atom is 0.153 e. The lowest BCUT2D eigenvalue weighted by Crippen LogP contribution is -2.01. The number of benzene rings is 2. The molecule has 0 spiro atoms. The van der Waals surface area contributed by atoms with Gasteiger partial charge in [0.25, 0.3) is 0 Å². The van der Waals surface area contributed by atoms with Crippen molar-refractivity contribution in [1.82, 2.24) is 14.8 Å². The van der Waals surface area contributed by atoms with Crippen LogP contribution in [0.25, 0.3) is 27.8 Å². The summed E-state index contributed by atoms with van der Waals surface area (Å²) in [6.45, 7) is 1.93. The van der Waals surface area contributed by atoms with E-state index in [4.69, 9.17) is 0 Å². The molecule has 4 nitrogen and oxygen atoms in total. The van der Waals surface area contributed by atoms with Gasteiger partial charge in [0, 0.05) is 17.1 Å². The third-order valence-corrected chi connectivity index (χ3v) is 3.87. The average Bonchev–Trinajstić information content (AvgIpc) is 2.98. The van der Waals surface area contributed by atoms with Crippen molar-refractivity contribution in [1.29, 1.82) is 0 Å². The van der Waals surface area contributed by atoms with Gasteiger partial charge >= 0.3 is 0 Å². The van der Waals surface area contributed by atoms with Gasteiger partial charge in [-0.3, -0.25) is 0 Å². The van der Waals surface area contributed by atoms with Gasteiger partial charge in [0.2, 0.25) is 0 Å². The first-order valence-electron chi connectivity index (χ1n) is 7.43. The lowest BCUT2D eigenvalue weighted by molar-refractivity contribution is 0.483. The van der Waals surface area contributed by atoms with Crippen molar-refractivity contribution < 1.29 is 5.11 Å². The Bertz CT molecular complexity index is 990. The molecule has 0 saturated carbocycles. The predicted octanol–water partition coefficient (Wildman–Crippen LogP) is 4.10. The quantitative estimate of drug-likeness (QED) is 0.606. The minimum absolute atomic E-state index is 0.264. The number of hydrogen-bond acceptors (Lipinski definition) is 3. The lowest BCUT2D eigenvalue weighted by Gasteiger charge is -2.10. The van der Waals surface area contributed by atoms with E-state index < -0.39 is 0 Å². The molecule has 1 N–H and O–H groups in total. The second kappa shape index (κ2) is 5.25. The maximum absolute atomic E-state index is 10.7. The molecule has 0 bridgehead atoms. The van der Waals surface area contributed by atoms with E-state index in [0.717, 1.165) is 33.5 Å². The number of fused-ring (bicyclic) bond motifs is 1. The normalized spacial score (nSPS) is 11.0. The summed E-state index contributed by atoms with van der Waals surface area (Å²) >= 11 is 0. The van der Waals surface area contributed by atoms with Crippen LogP contribution in [0.3, 0.4) is 0 Å². The minimum atomic E-state index is 0.264. The highest BCUT2D eigenvalue weighted by Gasteiger charge is 2.15. The summed E-state index contributed by atoms with van der Waals surface area (Å²) in [5, 5.41) is 17.1. The number of nitrogens with zero attached hydrogens (tertiary/aromatic N) is 3. The summed E-state index contributed by atoms with van der Waals surface area (Å²) in [6, 6.07) is 19.4. The van der Waals surface area contributed by atoms with Crippen molar-refractivity contribution in [3.05, 3.63) is 72.6 Å². The zero-order valence-corrected chi connectivity index (χ0v) is 12.6. The van der Waals surface area contributed by atoms with Gasteiger partial charge in [0.15, 0.2) is 5.82 Å². The number of phenols is 1. The Morgan fingerprint density at radius 3 is 2.61 bits per heavy atom. The van der Waals surface area contributed by atoms with Crippen molar-refractivity contribution in [3.63, 3.8) is 0 Å². The second-order valence-corrected chi connectivity index (χ2v) is 5.45. The number of hydrogen-bond donors (Lipinski definition) is 1. The predicted molar refractivity (Wildman–Crippen MR) is 90.7 cm³/mol. The molecule has 0 amide bonds. The first-order chi connectivity index (χ1) is 11.2. The Morgan fingerprint density at radius 1 is 0.957 bits per heavy atom. The molecule has 0 saturated heterocycles. The number of aromatic nitrogens is 3. The fourth-order valence-electron chi connectivity index (χ4n) is 2.81. The summed E-state index contributed by atoms with van der Waals surface area (Å²) in [5.74, 6) is 0.989. The maximum atomic E-state index is 10.7. The topological polar surface area (TPSA) is 50.9 Å². The fourth-order valence-corrected chi connectivity index (χ4v) is 2.81. The van der Waals surface area contributed by atoms with Gasteiger partial charge in [-0.25, -0.2) is 9.67 Å². The molecule has 0 aliphatic heterocycles. The van der Waals surface area contributed by atoms with Crippen molar-refractivity contribution in [2.75, 3.05) is 0 Å². The third-order valence-electron chi connectivity index (χ3n) is 3.87. The van der Waals surface area contributed by atoms with E-state index in [2.05, 4.69) is 10.1 Å². The zero-order valence-electron chi connectivity index (χ0n) is 12.6. The zero-order chi connectivity index (χ0) is 15.8. The van der Waals surface area contributed by atoms with Crippen LogP contribution in [0.1, 0.15) is 5.69 Å². The van der Waals surface area contributed by atoms with Crippen LogP contribution < -0.4 is 0 Å². The highest BCUT2D eigenvalue weighted by atomic mass is 16.3. The highest BCUT2D eigenvalue weighted by Crippen LogP contribution is 2.36. The van der Waals surface area contributed by atoms with E-state index in [9.17, 15) is 5.11 Å². The summed E-state index contributed by atoms with van der Waals surface area (Å²) in [5.41, 5.74) is 2.44. The van der Waals surface area contributed by atoms with E-state index in [1.54, 1.807) is 10.9 Å². The summed E-state index contributed by atoms with van der Waals surface area (Å²) in [4.78, 5) is 4.36. The molecule has 0 radical (unpaired) electrons. The number of rotatable bonds is 2. The SMILES string of the molecule is Cc1cc(-c2ccc3ccccc3c2O)n(-c2ccccn2)n1. The molecule has 0 fully saturated rings. The van der Waals surface area contributed by atoms with Crippen LogP contribution in [0.4, 0.5) is 0 Å². The van der Waals surface area contributed by atoms with Crippen LogP contribution in [-0.2, 0) is 0 Å². The fraction of sp³-hybridized carbons (Fsp3) is 0.0526. The average molecular weight is 301 g/mol. The standard InChI is InChI=1S/C19H15N3O/c1-13-12-17(22(21-13)18-8-4-5-11-20-18)16-10-9-14-6-2-3-7-15(14)19(16)23/h2-12,23H,1H3. The highest BCUT2D eigenvalue weighted by molar-refractivity contribution is 5.94. The van der Waals surface area contributed by atoms with Crippen molar-refractivity contribution in [3.8, 4) is 22.8 Å². The van der Waals surface area contributed by atoms with Gasteiger partial charge in [-0.2, -0.15) is 5.10 Å². The molecule has 4 heteroatoms. The van der Waals surface area contributed by atoms with Crippen molar-refractivity contribution in [2.24, 2.45) is 0 Å². The number of aromatic hydroxyl groups is 1. The molecule has 2 heterocycles. The summed E-state index contributed by atoms with van der Waals surface area (Å²) < 4.78 is 1.76. The number of aryl methyl sites for hydroxylation is 1. The van der Waals surface area contributed by atoms with Crippen molar-refractivity contribution >= 4 is 10.8 Å². The summed E-state index contributed by atoms with van der Waals surface area (Å²) in [6.07, 6.45) is 1.73. The Balaban J connectivity index is 1.97. The molecule has 4 aromatic rings. The van der Waals surface area contributed by atoms with Crippen LogP contribution in [0.15, 0.2) is 66.9 Å². The van der Waals surface area contributed by atoms with Crippen LogP contribution >= 0.6 is 0 Å². The first kappa shape index (κ1) is 13.5. The molecular formula is C19H15N3O. The Kier molecular flexibility index (Phi) is 3.08. The molecule has 2 aromatic carbocycles. The van der Waals surface area contributed by atoms with Gasteiger partial charge in [-0.05, 0) is 36.6 Å². The third kappa shape index (κ3) is 2.25. The van der Waals surface area contributed by atoms with E-state index >= 15 is 0 Å². The largest absolute Gasteiger partial charge is 0.507 e. The van der Waals surface area contributed by atoms with Crippen molar-refractivity contribution in [2.45, 2.75) is 6.92 Å². The van der Waals surface area contributed by atoms with E-state index in [-0.39, 0.29) is 5.75 Å². The molecule has 2 aromatic heterocycles. The summed E-state index contributed by atoms with van der Waals surface area (Å²) in [7, 11) is 0. The van der Waals surface area contributed by atoms with Crippen LogP contribution in [0.5, 0.6) is 5.75 Å². The molecule has 0 unspecified atom stereocenters. The van der Waals surface area contributed by atoms with Gasteiger partial charge in [0.05, 0.1) is 11.4 Å². The smallest absolute Gasteiger partial charge is 0.153 e. The molecule has 112 valence electrons. The van der Waals surface area contributed by atoms with Crippen LogP contribution in [0, 0.1) is 6.92 Å². The van der Waals surface area contributed by atoms with E-state index in [1.165, 1.54) is 0 Å². The first-order valence-corrected chi connectivity index (χ1v) is 7.43. The minimum Gasteiger partial charge on any atom is -0.507 e. The molecule has 0 atom stereocenters. The number of pyridine rings is 1. The number of phenolic OH excluding ortho intramolecular Hbond substituents is 1. The lowest BCUT2D eigenvalue weighted by atomic mass is 10.0. The van der Waals surface area contributed by atoms with E-state index in [1.807, 2.05) is 67.6 Å².